The maximum Gasteiger partial charge on any atom is 0.123 e. The fourth-order valence-electron chi connectivity index (χ4n) is 3.69. The van der Waals surface area contributed by atoms with Crippen LogP contribution in [0.2, 0.25) is 0 Å². The molecule has 0 spiro atoms. The summed E-state index contributed by atoms with van der Waals surface area (Å²) in [5.41, 5.74) is 6.94. The zero-order valence-electron chi connectivity index (χ0n) is 11.0. The van der Waals surface area contributed by atoms with E-state index in [0.29, 0.717) is 5.82 Å². The van der Waals surface area contributed by atoms with Crippen molar-refractivity contribution in [2.75, 3.05) is 12.3 Å². The minimum Gasteiger partial charge on any atom is -0.384 e. The van der Waals surface area contributed by atoms with Crippen LogP contribution in [-0.4, -0.2) is 22.5 Å². The highest BCUT2D eigenvalue weighted by atomic mass is 15.2. The van der Waals surface area contributed by atoms with Gasteiger partial charge in [-0.15, -0.1) is 0 Å². The number of anilines is 1. The summed E-state index contributed by atoms with van der Waals surface area (Å²) < 4.78 is 0. The van der Waals surface area contributed by atoms with E-state index in [1.807, 2.05) is 12.3 Å². The predicted octanol–water partition coefficient (Wildman–Crippen LogP) is 2.82. The number of nitrogen functional groups attached to an aromatic ring is 1. The van der Waals surface area contributed by atoms with Crippen LogP contribution in [0.5, 0.6) is 0 Å². The zero-order chi connectivity index (χ0) is 12.4. The molecule has 3 rings (SSSR count). The summed E-state index contributed by atoms with van der Waals surface area (Å²) in [5.74, 6) is 1.57. The van der Waals surface area contributed by atoms with Crippen molar-refractivity contribution in [1.82, 2.24) is 9.88 Å². The third-order valence-electron chi connectivity index (χ3n) is 4.59. The van der Waals surface area contributed by atoms with Gasteiger partial charge in [0.05, 0.1) is 0 Å². The number of hydrogen-bond donors (Lipinski definition) is 1. The lowest BCUT2D eigenvalue weighted by molar-refractivity contribution is 0.183. The van der Waals surface area contributed by atoms with E-state index < -0.39 is 0 Å². The van der Waals surface area contributed by atoms with Gasteiger partial charge in [-0.3, -0.25) is 4.90 Å². The lowest BCUT2D eigenvalue weighted by Gasteiger charge is -2.29. The Morgan fingerprint density at radius 3 is 2.72 bits per heavy atom. The van der Waals surface area contributed by atoms with E-state index in [0.717, 1.165) is 18.5 Å². The van der Waals surface area contributed by atoms with Gasteiger partial charge in [0.25, 0.3) is 0 Å². The van der Waals surface area contributed by atoms with Crippen LogP contribution in [0.3, 0.4) is 0 Å². The molecule has 3 nitrogen and oxygen atoms in total. The van der Waals surface area contributed by atoms with Crippen molar-refractivity contribution in [2.24, 2.45) is 5.92 Å². The first-order chi connectivity index (χ1) is 8.83. The maximum absolute atomic E-state index is 5.64. The molecule has 1 atom stereocenters. The number of hydrogen-bond acceptors (Lipinski definition) is 3. The van der Waals surface area contributed by atoms with Gasteiger partial charge >= 0.3 is 0 Å². The molecule has 2 heterocycles. The van der Waals surface area contributed by atoms with Crippen LogP contribution in [0.4, 0.5) is 5.82 Å². The molecule has 1 aliphatic carbocycles. The zero-order valence-corrected chi connectivity index (χ0v) is 11.0. The van der Waals surface area contributed by atoms with Gasteiger partial charge in [0.1, 0.15) is 5.82 Å². The summed E-state index contributed by atoms with van der Waals surface area (Å²) in [6.45, 7) is 2.31. The van der Waals surface area contributed by atoms with Crippen LogP contribution in [0.15, 0.2) is 18.3 Å². The smallest absolute Gasteiger partial charge is 0.123 e. The van der Waals surface area contributed by atoms with Gasteiger partial charge in [0.15, 0.2) is 0 Å². The first-order valence-corrected chi connectivity index (χ1v) is 7.27. The normalized spacial score (nSPS) is 25.9. The summed E-state index contributed by atoms with van der Waals surface area (Å²) in [4.78, 5) is 6.86. The van der Waals surface area contributed by atoms with E-state index in [-0.39, 0.29) is 0 Å². The highest BCUT2D eigenvalue weighted by molar-refractivity contribution is 5.29. The van der Waals surface area contributed by atoms with Crippen LogP contribution >= 0.6 is 0 Å². The minimum atomic E-state index is 0.618. The summed E-state index contributed by atoms with van der Waals surface area (Å²) in [5, 5.41) is 0. The van der Waals surface area contributed by atoms with Crippen molar-refractivity contribution in [1.29, 1.82) is 0 Å². The molecule has 0 radical (unpaired) electrons. The van der Waals surface area contributed by atoms with E-state index in [4.69, 9.17) is 5.73 Å². The molecule has 1 aromatic heterocycles. The molecule has 2 aliphatic rings. The van der Waals surface area contributed by atoms with Crippen molar-refractivity contribution in [3.8, 4) is 0 Å². The number of nitrogens with two attached hydrogens (primary N) is 1. The molecule has 1 saturated heterocycles. The number of pyridine rings is 1. The summed E-state index contributed by atoms with van der Waals surface area (Å²) in [6.07, 6.45) is 10.5. The molecular formula is C15H23N3. The number of rotatable bonds is 3. The second-order valence-electron chi connectivity index (χ2n) is 5.82. The van der Waals surface area contributed by atoms with E-state index in [1.54, 1.807) is 0 Å². The molecular weight excluding hydrogens is 222 g/mol. The van der Waals surface area contributed by atoms with Gasteiger partial charge < -0.3 is 5.73 Å². The summed E-state index contributed by atoms with van der Waals surface area (Å²) in [6, 6.07) is 4.85. The van der Waals surface area contributed by atoms with Crippen molar-refractivity contribution in [2.45, 2.75) is 51.1 Å². The molecule has 1 aliphatic heterocycles. The molecule has 1 unspecified atom stereocenters. The Bertz CT molecular complexity index is 381. The van der Waals surface area contributed by atoms with Gasteiger partial charge in [0.2, 0.25) is 0 Å². The summed E-state index contributed by atoms with van der Waals surface area (Å²) in [7, 11) is 0. The molecule has 1 saturated carbocycles. The van der Waals surface area contributed by atoms with Crippen molar-refractivity contribution < 1.29 is 0 Å². The van der Waals surface area contributed by atoms with Crippen LogP contribution in [-0.2, 0) is 6.54 Å². The Morgan fingerprint density at radius 1 is 1.17 bits per heavy atom. The van der Waals surface area contributed by atoms with Gasteiger partial charge in [-0.1, -0.05) is 18.9 Å². The van der Waals surface area contributed by atoms with E-state index >= 15 is 0 Å². The highest BCUT2D eigenvalue weighted by Crippen LogP contribution is 2.35. The van der Waals surface area contributed by atoms with Gasteiger partial charge in [-0.25, -0.2) is 4.98 Å². The Labute approximate surface area is 109 Å². The molecule has 0 aromatic carbocycles. The average Bonchev–Trinajstić information content (AvgIpc) is 3.02. The molecule has 2 N–H and O–H groups in total. The van der Waals surface area contributed by atoms with Crippen molar-refractivity contribution >= 4 is 5.82 Å². The standard InChI is InChI=1S/C15H23N3/c16-15-8-7-12(10-17-15)11-18-9-3-6-14(18)13-4-1-2-5-13/h7-8,10,13-14H,1-6,9,11H2,(H2,16,17). The number of nitrogens with zero attached hydrogens (tertiary/aromatic N) is 2. The van der Waals surface area contributed by atoms with Crippen LogP contribution in [0, 0.1) is 5.92 Å². The molecule has 18 heavy (non-hydrogen) atoms. The largest absolute Gasteiger partial charge is 0.384 e. The number of likely N-dealkylation sites (tertiary alicyclic amines) is 1. The topological polar surface area (TPSA) is 42.1 Å². The van der Waals surface area contributed by atoms with Gasteiger partial charge in [-0.2, -0.15) is 0 Å². The van der Waals surface area contributed by atoms with Crippen LogP contribution < -0.4 is 5.73 Å². The Hall–Kier alpha value is -1.09. The highest BCUT2D eigenvalue weighted by Gasteiger charge is 2.32. The quantitative estimate of drug-likeness (QED) is 0.890. The molecule has 3 heteroatoms. The van der Waals surface area contributed by atoms with Crippen molar-refractivity contribution in [3.63, 3.8) is 0 Å². The molecule has 0 bridgehead atoms. The average molecular weight is 245 g/mol. The second kappa shape index (κ2) is 5.27. The first kappa shape index (κ1) is 12.0. The molecule has 0 amide bonds. The minimum absolute atomic E-state index is 0.618. The second-order valence-corrected chi connectivity index (χ2v) is 5.82. The maximum atomic E-state index is 5.64. The third kappa shape index (κ3) is 2.51. The number of aromatic nitrogens is 1. The SMILES string of the molecule is Nc1ccc(CN2CCCC2C2CCCC2)cn1. The lowest BCUT2D eigenvalue weighted by Crippen LogP contribution is -2.34. The summed E-state index contributed by atoms with van der Waals surface area (Å²) >= 11 is 0. The van der Waals surface area contributed by atoms with E-state index in [9.17, 15) is 0 Å². The Balaban J connectivity index is 1.65. The third-order valence-corrected chi connectivity index (χ3v) is 4.59. The first-order valence-electron chi connectivity index (χ1n) is 7.27. The Morgan fingerprint density at radius 2 is 2.00 bits per heavy atom. The monoisotopic (exact) mass is 245 g/mol. The van der Waals surface area contributed by atoms with Gasteiger partial charge in [-0.05, 0) is 49.8 Å². The molecule has 98 valence electrons. The van der Waals surface area contributed by atoms with E-state index in [2.05, 4.69) is 16.0 Å². The Kier molecular flexibility index (Phi) is 3.50. The van der Waals surface area contributed by atoms with Crippen molar-refractivity contribution in [3.05, 3.63) is 23.9 Å². The van der Waals surface area contributed by atoms with Gasteiger partial charge in [0, 0.05) is 18.8 Å². The molecule has 2 fully saturated rings. The fraction of sp³-hybridized carbons (Fsp3) is 0.667. The lowest BCUT2D eigenvalue weighted by atomic mass is 9.96. The van der Waals surface area contributed by atoms with Crippen LogP contribution in [0.1, 0.15) is 44.1 Å². The predicted molar refractivity (Wildman–Crippen MR) is 74.0 cm³/mol. The van der Waals surface area contributed by atoms with E-state index in [1.165, 1.54) is 50.6 Å². The fourth-order valence-corrected chi connectivity index (χ4v) is 3.69. The van der Waals surface area contributed by atoms with Crippen LogP contribution in [0.25, 0.3) is 0 Å². The molecule has 1 aromatic rings.